The first kappa shape index (κ1) is 17.2. The Balaban J connectivity index is 3.13. The first-order valence-electron chi connectivity index (χ1n) is 6.16. The molecule has 0 spiro atoms. The van der Waals surface area contributed by atoms with Crippen LogP contribution < -0.4 is 4.74 Å². The van der Waals surface area contributed by atoms with Gasteiger partial charge in [-0.1, -0.05) is 12.1 Å². The number of hydrogen-bond acceptors (Lipinski definition) is 6. The van der Waals surface area contributed by atoms with Gasteiger partial charge in [-0.05, 0) is 26.0 Å². The number of hydrogen-bond donors (Lipinski definition) is 1. The highest BCUT2D eigenvalue weighted by atomic mass is 32.2. The molecule has 0 saturated heterocycles. The van der Waals surface area contributed by atoms with Gasteiger partial charge in [-0.2, -0.15) is 0 Å². The van der Waals surface area contributed by atoms with Gasteiger partial charge >= 0.3 is 7.60 Å². The van der Waals surface area contributed by atoms with Crippen LogP contribution >= 0.6 is 7.60 Å². The van der Waals surface area contributed by atoms with Crippen LogP contribution in [0.2, 0.25) is 0 Å². The predicted octanol–water partition coefficient (Wildman–Crippen LogP) is 3.32. The molecule has 1 aromatic carbocycles. The molecule has 1 N–H and O–H groups in total. The van der Waals surface area contributed by atoms with Crippen molar-refractivity contribution in [3.8, 4) is 5.75 Å². The second-order valence-corrected chi connectivity index (χ2v) is 8.46. The summed E-state index contributed by atoms with van der Waals surface area (Å²) in [5, 5.41) is 0. The zero-order valence-electron chi connectivity index (χ0n) is 11.8. The smallest absolute Gasteiger partial charge is 0.344 e. The van der Waals surface area contributed by atoms with Gasteiger partial charge in [0, 0.05) is 0 Å². The molecule has 1 atom stereocenters. The normalized spacial score (nSPS) is 14.8. The number of benzene rings is 1. The Morgan fingerprint density at radius 2 is 1.75 bits per heavy atom. The highest BCUT2D eigenvalue weighted by Gasteiger charge is 2.31. The van der Waals surface area contributed by atoms with E-state index in [1.54, 1.807) is 32.0 Å². The topological polar surface area (TPSA) is 85.7 Å². The van der Waals surface area contributed by atoms with Gasteiger partial charge in [0.2, 0.25) is 0 Å². The van der Waals surface area contributed by atoms with E-state index < -0.39 is 22.8 Å². The van der Waals surface area contributed by atoms with Crippen molar-refractivity contribution in [1.82, 2.24) is 0 Å². The monoisotopic (exact) mass is 321 g/mol. The minimum Gasteiger partial charge on any atom is -0.495 e. The molecule has 8 heteroatoms. The second-order valence-electron chi connectivity index (χ2n) is 3.90. The van der Waals surface area contributed by atoms with Crippen molar-refractivity contribution in [2.75, 3.05) is 25.8 Å². The zero-order valence-corrected chi connectivity index (χ0v) is 13.5. The maximum atomic E-state index is 12.6. The van der Waals surface area contributed by atoms with Crippen LogP contribution in [0, 0.1) is 4.78 Å². The summed E-state index contributed by atoms with van der Waals surface area (Å²) >= 11 is 0. The fourth-order valence-electron chi connectivity index (χ4n) is 1.69. The van der Waals surface area contributed by atoms with E-state index in [-0.39, 0.29) is 18.1 Å². The van der Waals surface area contributed by atoms with Gasteiger partial charge in [0.1, 0.15) is 11.2 Å². The molecular formula is C12H20NO5PS. The van der Waals surface area contributed by atoms with Crippen LogP contribution in [-0.4, -0.2) is 30.0 Å². The highest BCUT2D eigenvalue weighted by molar-refractivity contribution is 7.98. The quantitative estimate of drug-likeness (QED) is 0.742. The lowest BCUT2D eigenvalue weighted by Gasteiger charge is -2.19. The van der Waals surface area contributed by atoms with Crippen LogP contribution in [0.5, 0.6) is 5.75 Å². The Hall–Kier alpha value is -0.880. The summed E-state index contributed by atoms with van der Waals surface area (Å²) in [4.78, 5) is 0.196. The summed E-state index contributed by atoms with van der Waals surface area (Å²) < 4.78 is 48.3. The predicted molar refractivity (Wildman–Crippen MR) is 77.8 cm³/mol. The van der Waals surface area contributed by atoms with E-state index in [1.807, 2.05) is 0 Å². The minimum absolute atomic E-state index is 0.165. The fraction of sp³-hybridized carbons (Fsp3) is 0.500. The lowest BCUT2D eigenvalue weighted by Crippen LogP contribution is -2.11. The molecule has 0 saturated carbocycles. The molecule has 1 rings (SSSR count). The molecule has 0 aliphatic heterocycles. The van der Waals surface area contributed by atoms with Gasteiger partial charge in [0.15, 0.2) is 0 Å². The molecule has 0 aliphatic carbocycles. The van der Waals surface area contributed by atoms with Crippen LogP contribution in [0.1, 0.15) is 13.8 Å². The van der Waals surface area contributed by atoms with Crippen LogP contribution in [0.15, 0.2) is 29.2 Å². The van der Waals surface area contributed by atoms with E-state index in [0.717, 1.165) is 0 Å². The third-order valence-electron chi connectivity index (χ3n) is 2.42. The molecule has 0 aliphatic rings. The van der Waals surface area contributed by atoms with Crippen molar-refractivity contribution >= 4 is 17.3 Å². The Labute approximate surface area is 119 Å². The fourth-order valence-corrected chi connectivity index (χ4v) is 6.26. The van der Waals surface area contributed by atoms with Gasteiger partial charge in [-0.3, -0.25) is 4.57 Å². The molecule has 6 nitrogen and oxygen atoms in total. The SMILES string of the molecule is CCOP(=O)(CS(=N)(=O)c1ccccc1OC)OCC. The molecular weight excluding hydrogens is 301 g/mol. The lowest BCUT2D eigenvalue weighted by atomic mass is 10.3. The first-order chi connectivity index (χ1) is 9.38. The maximum absolute atomic E-state index is 12.6. The van der Waals surface area contributed by atoms with Crippen molar-refractivity contribution in [3.05, 3.63) is 24.3 Å². The Morgan fingerprint density at radius 1 is 1.20 bits per heavy atom. The molecule has 114 valence electrons. The summed E-state index contributed by atoms with van der Waals surface area (Å²) in [5.74, 6) is 0.326. The number of para-hydroxylation sites is 1. The average molecular weight is 321 g/mol. The number of methoxy groups -OCH3 is 1. The summed E-state index contributed by atoms with van der Waals surface area (Å²) in [6.07, 6.45) is 0. The Kier molecular flexibility index (Phi) is 6.20. The van der Waals surface area contributed by atoms with Crippen LogP contribution in [0.3, 0.4) is 0 Å². The minimum atomic E-state index is -3.56. The van der Waals surface area contributed by atoms with Crippen molar-refractivity contribution in [3.63, 3.8) is 0 Å². The summed E-state index contributed by atoms with van der Waals surface area (Å²) in [5.41, 5.74) is -0.484. The average Bonchev–Trinajstić information content (AvgIpc) is 2.38. The van der Waals surface area contributed by atoms with Gasteiger partial charge in [0.25, 0.3) is 0 Å². The molecule has 20 heavy (non-hydrogen) atoms. The molecule has 0 amide bonds. The molecule has 1 aromatic rings. The maximum Gasteiger partial charge on any atom is 0.344 e. The van der Waals surface area contributed by atoms with Gasteiger partial charge < -0.3 is 13.8 Å². The summed E-state index contributed by atoms with van der Waals surface area (Å²) in [6, 6.07) is 6.49. The van der Waals surface area contributed by atoms with Crippen molar-refractivity contribution in [2.24, 2.45) is 0 Å². The van der Waals surface area contributed by atoms with E-state index in [9.17, 15) is 8.77 Å². The molecule has 0 heterocycles. The number of nitrogens with one attached hydrogen (secondary N) is 1. The molecule has 0 radical (unpaired) electrons. The van der Waals surface area contributed by atoms with E-state index >= 15 is 0 Å². The lowest BCUT2D eigenvalue weighted by molar-refractivity contribution is 0.224. The Bertz CT molecular complexity index is 577. The Morgan fingerprint density at radius 3 is 2.25 bits per heavy atom. The first-order valence-corrected chi connectivity index (χ1v) is 9.61. The molecule has 0 bridgehead atoms. The summed E-state index contributed by atoms with van der Waals surface area (Å²) in [7, 11) is -5.47. The zero-order chi connectivity index (χ0) is 15.2. The molecule has 1 unspecified atom stereocenters. The van der Waals surface area contributed by atoms with E-state index in [0.29, 0.717) is 5.75 Å². The van der Waals surface area contributed by atoms with Crippen molar-refractivity contribution in [2.45, 2.75) is 18.7 Å². The van der Waals surface area contributed by atoms with Gasteiger partial charge in [0.05, 0.1) is 34.9 Å². The van der Waals surface area contributed by atoms with Crippen LogP contribution in [-0.2, 0) is 23.3 Å². The largest absolute Gasteiger partial charge is 0.495 e. The standard InChI is InChI=1S/C12H20NO5PS/c1-4-17-19(14,18-5-2)10-20(13,15)12-9-7-6-8-11(12)16-3/h6-9,13H,4-5,10H2,1-3H3. The third-order valence-corrected chi connectivity index (χ3v) is 7.49. The third kappa shape index (κ3) is 4.31. The van der Waals surface area contributed by atoms with E-state index in [2.05, 4.69) is 0 Å². The second kappa shape index (κ2) is 7.22. The molecule has 0 aromatic heterocycles. The number of rotatable bonds is 8. The van der Waals surface area contributed by atoms with Crippen LogP contribution in [0.4, 0.5) is 0 Å². The van der Waals surface area contributed by atoms with Crippen molar-refractivity contribution in [1.29, 1.82) is 4.78 Å². The number of ether oxygens (including phenoxy) is 1. The van der Waals surface area contributed by atoms with Gasteiger partial charge in [-0.15, -0.1) is 0 Å². The summed E-state index contributed by atoms with van der Waals surface area (Å²) in [6.45, 7) is 3.67. The highest BCUT2D eigenvalue weighted by Crippen LogP contribution is 2.50. The molecule has 0 fully saturated rings. The van der Waals surface area contributed by atoms with Crippen LogP contribution in [0.25, 0.3) is 0 Å². The van der Waals surface area contributed by atoms with Crippen molar-refractivity contribution < 1.29 is 22.6 Å². The van der Waals surface area contributed by atoms with Gasteiger partial charge in [-0.25, -0.2) is 8.99 Å². The van der Waals surface area contributed by atoms with E-state index in [4.69, 9.17) is 18.6 Å². The van der Waals surface area contributed by atoms with E-state index in [1.165, 1.54) is 13.2 Å².